The number of ether oxygens (including phenoxy) is 1. The van der Waals surface area contributed by atoms with Gasteiger partial charge in [-0.2, -0.15) is 0 Å². The van der Waals surface area contributed by atoms with Crippen LogP contribution in [0.1, 0.15) is 33.6 Å². The maximum Gasteiger partial charge on any atom is 0.230 e. The van der Waals surface area contributed by atoms with Gasteiger partial charge in [-0.3, -0.25) is 4.79 Å². The van der Waals surface area contributed by atoms with Gasteiger partial charge < -0.3 is 15.4 Å². The molecule has 0 radical (unpaired) electrons. The van der Waals surface area contributed by atoms with Crippen LogP contribution in [0, 0.1) is 11.3 Å². The Balaban J connectivity index is 1.75. The molecule has 150 valence electrons. The molecule has 1 fully saturated rings. The Bertz CT molecular complexity index is 829. The fourth-order valence-electron chi connectivity index (χ4n) is 2.89. The topological polar surface area (TPSA) is 76.1 Å². The highest BCUT2D eigenvalue weighted by molar-refractivity contribution is 6.33. The molecule has 0 bridgehead atoms. The Labute approximate surface area is 171 Å². The lowest BCUT2D eigenvalue weighted by atomic mass is 9.96. The number of aromatic nitrogens is 2. The maximum atomic E-state index is 12.2. The second kappa shape index (κ2) is 8.88. The van der Waals surface area contributed by atoms with Gasteiger partial charge in [0, 0.05) is 36.9 Å². The number of hydrogen-bond donors (Lipinski definition) is 2. The zero-order valence-electron chi connectivity index (χ0n) is 16.6. The van der Waals surface area contributed by atoms with Crippen molar-refractivity contribution in [2.45, 2.75) is 33.6 Å². The summed E-state index contributed by atoms with van der Waals surface area (Å²) >= 11 is 6.36. The number of nitrogens with one attached hydrogen (secondary N) is 2. The number of pyridine rings is 2. The summed E-state index contributed by atoms with van der Waals surface area (Å²) in [5.41, 5.74) is 0.958. The molecule has 3 heterocycles. The summed E-state index contributed by atoms with van der Waals surface area (Å²) in [5.74, 6) is 1.76. The zero-order chi connectivity index (χ0) is 20.1. The summed E-state index contributed by atoms with van der Waals surface area (Å²) < 4.78 is 5.41. The summed E-state index contributed by atoms with van der Waals surface area (Å²) in [6.07, 6.45) is 3.68. The molecular formula is C21H27ClN4O2. The van der Waals surface area contributed by atoms with Crippen LogP contribution in [0.2, 0.25) is 5.02 Å². The number of rotatable bonds is 5. The predicted molar refractivity (Wildman–Crippen MR) is 113 cm³/mol. The van der Waals surface area contributed by atoms with Crippen LogP contribution in [0.4, 0.5) is 11.6 Å². The van der Waals surface area contributed by atoms with E-state index in [4.69, 9.17) is 16.3 Å². The second-order valence-electron chi connectivity index (χ2n) is 8.10. The Morgan fingerprint density at radius 1 is 1.25 bits per heavy atom. The van der Waals surface area contributed by atoms with Crippen LogP contribution in [0.5, 0.6) is 0 Å². The first-order valence-corrected chi connectivity index (χ1v) is 9.97. The van der Waals surface area contributed by atoms with Crippen molar-refractivity contribution >= 4 is 29.1 Å². The van der Waals surface area contributed by atoms with E-state index in [0.29, 0.717) is 16.8 Å². The molecule has 1 saturated heterocycles. The molecule has 0 aromatic carbocycles. The molecule has 28 heavy (non-hydrogen) atoms. The van der Waals surface area contributed by atoms with Gasteiger partial charge in [-0.05, 0) is 37.0 Å². The Morgan fingerprint density at radius 2 is 2.00 bits per heavy atom. The van der Waals surface area contributed by atoms with Gasteiger partial charge in [0.25, 0.3) is 0 Å². The number of anilines is 2. The smallest absolute Gasteiger partial charge is 0.230 e. The third-order valence-electron chi connectivity index (χ3n) is 4.72. The van der Waals surface area contributed by atoms with E-state index in [1.165, 1.54) is 0 Å². The van der Waals surface area contributed by atoms with Gasteiger partial charge in [-0.25, -0.2) is 9.97 Å². The number of hydrogen-bond acceptors (Lipinski definition) is 5. The van der Waals surface area contributed by atoms with Crippen molar-refractivity contribution < 1.29 is 9.53 Å². The van der Waals surface area contributed by atoms with Gasteiger partial charge >= 0.3 is 0 Å². The third kappa shape index (κ3) is 5.42. The Kier molecular flexibility index (Phi) is 6.52. The van der Waals surface area contributed by atoms with Crippen LogP contribution in [0.3, 0.4) is 0 Å². The highest BCUT2D eigenvalue weighted by Gasteiger charge is 2.22. The highest BCUT2D eigenvalue weighted by atomic mass is 35.5. The molecule has 1 amide bonds. The van der Waals surface area contributed by atoms with E-state index in [-0.39, 0.29) is 5.91 Å². The highest BCUT2D eigenvalue weighted by Crippen LogP contribution is 2.29. The predicted octanol–water partition coefficient (Wildman–Crippen LogP) is 4.62. The van der Waals surface area contributed by atoms with Crippen LogP contribution >= 0.6 is 11.6 Å². The van der Waals surface area contributed by atoms with Crippen LogP contribution in [-0.4, -0.2) is 35.6 Å². The van der Waals surface area contributed by atoms with Crippen LogP contribution in [-0.2, 0) is 9.53 Å². The molecule has 0 atom stereocenters. The number of carbonyl (C=O) groups is 1. The minimum absolute atomic E-state index is 0.104. The van der Waals surface area contributed by atoms with Gasteiger partial charge in [0.1, 0.15) is 11.6 Å². The Hall–Kier alpha value is -2.18. The molecule has 7 heteroatoms. The van der Waals surface area contributed by atoms with Crippen LogP contribution in [0.15, 0.2) is 30.5 Å². The molecule has 2 N–H and O–H groups in total. The standard InChI is InChI=1S/C21H27ClN4O2/c1-21(2,3)20(27)26-19-11-15(16(22)13-24-19)17-5-4-6-18(25-17)23-12-14-7-9-28-10-8-14/h4-6,11,13-14H,7-10,12H2,1-3H3,(H,23,25)(H,24,26,27). The lowest BCUT2D eigenvalue weighted by Gasteiger charge is -2.22. The molecule has 0 spiro atoms. The fraction of sp³-hybridized carbons (Fsp3) is 0.476. The van der Waals surface area contributed by atoms with E-state index in [1.54, 1.807) is 12.3 Å². The van der Waals surface area contributed by atoms with Gasteiger partial charge in [0.15, 0.2) is 0 Å². The average Bonchev–Trinajstić information content (AvgIpc) is 2.68. The van der Waals surface area contributed by atoms with Crippen molar-refractivity contribution in [2.75, 3.05) is 30.4 Å². The van der Waals surface area contributed by atoms with Crippen molar-refractivity contribution in [3.8, 4) is 11.3 Å². The third-order valence-corrected chi connectivity index (χ3v) is 5.02. The van der Waals surface area contributed by atoms with E-state index in [1.807, 2.05) is 39.0 Å². The largest absolute Gasteiger partial charge is 0.381 e. The van der Waals surface area contributed by atoms with E-state index < -0.39 is 5.41 Å². The summed E-state index contributed by atoms with van der Waals surface area (Å²) in [6, 6.07) is 7.55. The van der Waals surface area contributed by atoms with Gasteiger partial charge in [-0.15, -0.1) is 0 Å². The van der Waals surface area contributed by atoms with Crippen LogP contribution in [0.25, 0.3) is 11.3 Å². The number of nitrogens with zero attached hydrogens (tertiary/aromatic N) is 2. The molecule has 0 aliphatic carbocycles. The summed E-state index contributed by atoms with van der Waals surface area (Å²) in [7, 11) is 0. The van der Waals surface area contributed by atoms with E-state index >= 15 is 0 Å². The molecule has 2 aromatic rings. The molecule has 0 unspecified atom stereocenters. The number of amides is 1. The normalized spacial score (nSPS) is 15.3. The fourth-order valence-corrected chi connectivity index (χ4v) is 3.09. The number of carbonyl (C=O) groups excluding carboxylic acids is 1. The quantitative estimate of drug-likeness (QED) is 0.763. The van der Waals surface area contributed by atoms with Crippen molar-refractivity contribution in [1.82, 2.24) is 9.97 Å². The van der Waals surface area contributed by atoms with Crippen molar-refractivity contribution in [2.24, 2.45) is 11.3 Å². The summed E-state index contributed by atoms with van der Waals surface area (Å²) in [5, 5.41) is 6.74. The molecule has 2 aromatic heterocycles. The first-order chi connectivity index (χ1) is 13.3. The zero-order valence-corrected chi connectivity index (χ0v) is 17.3. The SMILES string of the molecule is CC(C)(C)C(=O)Nc1cc(-c2cccc(NCC3CCOCC3)n2)c(Cl)cn1. The average molecular weight is 403 g/mol. The molecular weight excluding hydrogens is 376 g/mol. The van der Waals surface area contributed by atoms with Gasteiger partial charge in [0.2, 0.25) is 5.91 Å². The monoisotopic (exact) mass is 402 g/mol. The molecule has 0 saturated carbocycles. The van der Waals surface area contributed by atoms with E-state index in [2.05, 4.69) is 20.6 Å². The molecule has 6 nitrogen and oxygen atoms in total. The minimum Gasteiger partial charge on any atom is -0.381 e. The van der Waals surface area contributed by atoms with E-state index in [0.717, 1.165) is 49.7 Å². The number of halogens is 1. The van der Waals surface area contributed by atoms with Crippen molar-refractivity contribution in [3.05, 3.63) is 35.5 Å². The molecule has 3 rings (SSSR count). The lowest BCUT2D eigenvalue weighted by molar-refractivity contribution is -0.123. The first kappa shape index (κ1) is 20.6. The van der Waals surface area contributed by atoms with Gasteiger partial charge in [-0.1, -0.05) is 38.4 Å². The second-order valence-corrected chi connectivity index (χ2v) is 8.51. The molecule has 1 aliphatic rings. The van der Waals surface area contributed by atoms with E-state index in [9.17, 15) is 4.79 Å². The minimum atomic E-state index is -0.506. The Morgan fingerprint density at radius 3 is 2.71 bits per heavy atom. The maximum absolute atomic E-state index is 12.2. The first-order valence-electron chi connectivity index (χ1n) is 9.59. The summed E-state index contributed by atoms with van der Waals surface area (Å²) in [4.78, 5) is 21.1. The lowest BCUT2D eigenvalue weighted by Crippen LogP contribution is -2.28. The van der Waals surface area contributed by atoms with Gasteiger partial charge in [0.05, 0.1) is 10.7 Å². The van der Waals surface area contributed by atoms with Crippen LogP contribution < -0.4 is 10.6 Å². The van der Waals surface area contributed by atoms with Crippen molar-refractivity contribution in [1.29, 1.82) is 0 Å². The summed E-state index contributed by atoms with van der Waals surface area (Å²) in [6.45, 7) is 8.10. The van der Waals surface area contributed by atoms with Crippen molar-refractivity contribution in [3.63, 3.8) is 0 Å². The molecule has 1 aliphatic heterocycles.